The number of amides is 3. The van der Waals surface area contributed by atoms with Crippen LogP contribution in [0.5, 0.6) is 5.75 Å². The van der Waals surface area contributed by atoms with Crippen molar-refractivity contribution in [2.75, 3.05) is 6.54 Å². The summed E-state index contributed by atoms with van der Waals surface area (Å²) in [4.78, 5) is 48.8. The monoisotopic (exact) mass is 450 g/mol. The molecule has 10 nitrogen and oxygen atoms in total. The van der Waals surface area contributed by atoms with Crippen molar-refractivity contribution in [3.05, 3.63) is 29.8 Å². The summed E-state index contributed by atoms with van der Waals surface area (Å²) in [6.45, 7) is 6.76. The Kier molecular flexibility index (Phi) is 10.6. The zero-order chi connectivity index (χ0) is 24.4. The Hall–Kier alpha value is -3.14. The Balaban J connectivity index is 2.98. The van der Waals surface area contributed by atoms with E-state index in [0.717, 1.165) is 0 Å². The molecule has 0 aliphatic carbocycles. The molecule has 0 spiro atoms. The fraction of sp³-hybridized carbons (Fsp3) is 0.545. The second kappa shape index (κ2) is 12.7. The second-order valence-corrected chi connectivity index (χ2v) is 8.51. The molecule has 32 heavy (non-hydrogen) atoms. The summed E-state index contributed by atoms with van der Waals surface area (Å²) >= 11 is 0. The Morgan fingerprint density at radius 2 is 1.53 bits per heavy atom. The van der Waals surface area contributed by atoms with E-state index in [1.807, 2.05) is 13.8 Å². The van der Waals surface area contributed by atoms with Crippen molar-refractivity contribution in [1.82, 2.24) is 16.0 Å². The number of phenols is 1. The molecule has 3 amide bonds. The molecule has 178 valence electrons. The lowest BCUT2D eigenvalue weighted by Gasteiger charge is -2.26. The molecule has 10 heteroatoms. The molecular formula is C22H34N4O6. The van der Waals surface area contributed by atoms with Gasteiger partial charge in [-0.05, 0) is 36.0 Å². The summed E-state index contributed by atoms with van der Waals surface area (Å²) in [7, 11) is 0. The number of nitrogens with two attached hydrogens (primary N) is 1. The summed E-state index contributed by atoms with van der Waals surface area (Å²) in [5.41, 5.74) is 6.56. The topological polar surface area (TPSA) is 171 Å². The van der Waals surface area contributed by atoms with Crippen LogP contribution in [0.15, 0.2) is 24.3 Å². The van der Waals surface area contributed by atoms with Crippen molar-refractivity contribution in [2.24, 2.45) is 17.6 Å². The highest BCUT2D eigenvalue weighted by Crippen LogP contribution is 2.12. The maximum absolute atomic E-state index is 13.0. The first-order valence-electron chi connectivity index (χ1n) is 10.5. The molecule has 7 N–H and O–H groups in total. The minimum absolute atomic E-state index is 0.0463. The quantitative estimate of drug-likeness (QED) is 0.263. The van der Waals surface area contributed by atoms with E-state index in [4.69, 9.17) is 10.8 Å². The summed E-state index contributed by atoms with van der Waals surface area (Å²) in [5, 5.41) is 25.8. The van der Waals surface area contributed by atoms with Gasteiger partial charge < -0.3 is 31.9 Å². The molecule has 0 saturated heterocycles. The Bertz CT molecular complexity index is 794. The third kappa shape index (κ3) is 9.34. The van der Waals surface area contributed by atoms with E-state index in [1.54, 1.807) is 26.0 Å². The van der Waals surface area contributed by atoms with Crippen LogP contribution in [0.2, 0.25) is 0 Å². The van der Waals surface area contributed by atoms with Crippen LogP contribution in [-0.4, -0.2) is 58.6 Å². The largest absolute Gasteiger partial charge is 0.508 e. The number of benzene rings is 1. The summed E-state index contributed by atoms with van der Waals surface area (Å²) in [6, 6.07) is 3.27. The van der Waals surface area contributed by atoms with Gasteiger partial charge in [-0.15, -0.1) is 0 Å². The summed E-state index contributed by atoms with van der Waals surface area (Å²) in [6.07, 6.45) is 0.516. The molecule has 3 unspecified atom stereocenters. The third-order valence-corrected chi connectivity index (χ3v) is 4.73. The number of carboxylic acid groups (broad SMARTS) is 1. The number of hydrogen-bond donors (Lipinski definition) is 6. The molecular weight excluding hydrogens is 416 g/mol. The second-order valence-electron chi connectivity index (χ2n) is 8.51. The number of aromatic hydroxyl groups is 1. The molecule has 0 bridgehead atoms. The number of aliphatic carboxylic acids is 1. The lowest BCUT2D eigenvalue weighted by molar-refractivity contribution is -0.138. The van der Waals surface area contributed by atoms with Crippen molar-refractivity contribution in [3.63, 3.8) is 0 Å². The van der Waals surface area contributed by atoms with Gasteiger partial charge in [0.1, 0.15) is 24.4 Å². The molecule has 0 aliphatic heterocycles. The highest BCUT2D eigenvalue weighted by molar-refractivity contribution is 5.93. The zero-order valence-corrected chi connectivity index (χ0v) is 18.9. The fourth-order valence-corrected chi connectivity index (χ4v) is 3.03. The van der Waals surface area contributed by atoms with Gasteiger partial charge in [0, 0.05) is 6.42 Å². The normalized spacial score (nSPS) is 13.8. The Morgan fingerprint density at radius 3 is 2.03 bits per heavy atom. The van der Waals surface area contributed by atoms with Crippen molar-refractivity contribution < 1.29 is 29.4 Å². The average Bonchev–Trinajstić information content (AvgIpc) is 2.70. The average molecular weight is 451 g/mol. The first kappa shape index (κ1) is 26.9. The number of carbonyl (C=O) groups excluding carboxylic acids is 3. The highest BCUT2D eigenvalue weighted by atomic mass is 16.4. The fourth-order valence-electron chi connectivity index (χ4n) is 3.03. The lowest BCUT2D eigenvalue weighted by atomic mass is 9.99. The van der Waals surface area contributed by atoms with Gasteiger partial charge in [0.25, 0.3) is 0 Å². The third-order valence-electron chi connectivity index (χ3n) is 4.73. The van der Waals surface area contributed by atoms with E-state index in [0.29, 0.717) is 12.0 Å². The van der Waals surface area contributed by atoms with Crippen molar-refractivity contribution in [2.45, 2.75) is 58.7 Å². The van der Waals surface area contributed by atoms with E-state index in [1.165, 1.54) is 12.1 Å². The van der Waals surface area contributed by atoms with E-state index in [2.05, 4.69) is 16.0 Å². The molecule has 1 aromatic carbocycles. The predicted molar refractivity (Wildman–Crippen MR) is 119 cm³/mol. The molecule has 0 radical (unpaired) electrons. The molecule has 0 saturated carbocycles. The van der Waals surface area contributed by atoms with Gasteiger partial charge in [-0.3, -0.25) is 19.2 Å². The van der Waals surface area contributed by atoms with Gasteiger partial charge in [0.2, 0.25) is 17.7 Å². The Labute approximate surface area is 187 Å². The molecule has 1 aromatic rings. The molecule has 0 heterocycles. The predicted octanol–water partition coefficient (Wildman–Crippen LogP) is 0.135. The first-order valence-corrected chi connectivity index (χ1v) is 10.5. The molecule has 1 rings (SSSR count). The van der Waals surface area contributed by atoms with Gasteiger partial charge in [-0.25, -0.2) is 0 Å². The minimum atomic E-state index is -1.22. The molecule has 0 aliphatic rings. The van der Waals surface area contributed by atoms with Gasteiger partial charge in [0.15, 0.2) is 0 Å². The van der Waals surface area contributed by atoms with E-state index in [9.17, 15) is 24.3 Å². The van der Waals surface area contributed by atoms with Crippen molar-refractivity contribution in [3.8, 4) is 5.75 Å². The number of phenolic OH excluding ortho intramolecular Hbond substituents is 1. The number of carboxylic acids is 1. The zero-order valence-electron chi connectivity index (χ0n) is 18.9. The van der Waals surface area contributed by atoms with Crippen LogP contribution in [0.25, 0.3) is 0 Å². The molecule has 3 atom stereocenters. The number of nitrogens with one attached hydrogen (secondary N) is 3. The van der Waals surface area contributed by atoms with Crippen molar-refractivity contribution in [1.29, 1.82) is 0 Å². The number of rotatable bonds is 12. The van der Waals surface area contributed by atoms with Crippen molar-refractivity contribution >= 4 is 23.7 Å². The van der Waals surface area contributed by atoms with E-state index in [-0.39, 0.29) is 24.0 Å². The van der Waals surface area contributed by atoms with Crippen LogP contribution in [0.4, 0.5) is 0 Å². The summed E-state index contributed by atoms with van der Waals surface area (Å²) < 4.78 is 0. The lowest BCUT2D eigenvalue weighted by Crippen LogP contribution is -2.58. The highest BCUT2D eigenvalue weighted by Gasteiger charge is 2.30. The molecule has 0 fully saturated rings. The standard InChI is InChI=1S/C22H34N4O6/c1-12(2)9-16(23)20(30)26-19(13(3)4)22(32)25-17(21(31)24-11-18(28)29)10-14-5-7-15(27)8-6-14/h5-8,12-13,16-17,19,27H,9-11,23H2,1-4H3,(H,24,31)(H,25,32)(H,26,30)(H,28,29). The number of carbonyl (C=O) groups is 4. The smallest absolute Gasteiger partial charge is 0.322 e. The van der Waals surface area contributed by atoms with Gasteiger partial charge in [0.05, 0.1) is 6.04 Å². The molecule has 0 aromatic heterocycles. The van der Waals surface area contributed by atoms with Crippen LogP contribution in [0.1, 0.15) is 39.7 Å². The van der Waals surface area contributed by atoms with Gasteiger partial charge in [-0.2, -0.15) is 0 Å². The van der Waals surface area contributed by atoms with E-state index >= 15 is 0 Å². The minimum Gasteiger partial charge on any atom is -0.508 e. The Morgan fingerprint density at radius 1 is 0.938 bits per heavy atom. The SMILES string of the molecule is CC(C)CC(N)C(=O)NC(C(=O)NC(Cc1ccc(O)cc1)C(=O)NCC(=O)O)C(C)C. The number of hydrogen-bond acceptors (Lipinski definition) is 6. The van der Waals surface area contributed by atoms with E-state index < -0.39 is 48.4 Å². The maximum atomic E-state index is 13.0. The van der Waals surface area contributed by atoms with Crippen LogP contribution in [-0.2, 0) is 25.6 Å². The van der Waals surface area contributed by atoms with Crippen LogP contribution in [0, 0.1) is 11.8 Å². The van der Waals surface area contributed by atoms with Crippen LogP contribution in [0.3, 0.4) is 0 Å². The maximum Gasteiger partial charge on any atom is 0.322 e. The van der Waals surface area contributed by atoms with Crippen LogP contribution < -0.4 is 21.7 Å². The van der Waals surface area contributed by atoms with Crippen LogP contribution >= 0.6 is 0 Å². The van der Waals surface area contributed by atoms with Gasteiger partial charge in [-0.1, -0.05) is 39.8 Å². The summed E-state index contributed by atoms with van der Waals surface area (Å²) in [5.74, 6) is -2.99. The van der Waals surface area contributed by atoms with Gasteiger partial charge >= 0.3 is 5.97 Å². The first-order chi connectivity index (χ1) is 14.9.